The average Bonchev–Trinajstić information content (AvgIpc) is 3.39. The first-order chi connectivity index (χ1) is 16.5. The summed E-state index contributed by atoms with van der Waals surface area (Å²) in [7, 11) is 4.73. The van der Waals surface area contributed by atoms with Gasteiger partial charge in [0.25, 0.3) is 11.8 Å². The van der Waals surface area contributed by atoms with Gasteiger partial charge in [0.1, 0.15) is 17.2 Å². The lowest BCUT2D eigenvalue weighted by atomic mass is 10.1. The number of carbonyl (C=O) groups is 2. The Morgan fingerprint density at radius 1 is 0.941 bits per heavy atom. The van der Waals surface area contributed by atoms with Gasteiger partial charge in [0.05, 0.1) is 27.6 Å². The second kappa shape index (κ2) is 12.2. The van der Waals surface area contributed by atoms with E-state index in [9.17, 15) is 9.59 Å². The van der Waals surface area contributed by atoms with E-state index in [1.54, 1.807) is 57.7 Å². The SMILES string of the molecule is COc1ccc(C(=O)N/C(=C\c2ccco2)C(=O)NCCCc2ccc(OC)c(OC)c2)cc1. The summed E-state index contributed by atoms with van der Waals surface area (Å²) < 4.78 is 21.0. The maximum absolute atomic E-state index is 12.8. The Kier molecular flexibility index (Phi) is 8.73. The minimum Gasteiger partial charge on any atom is -0.497 e. The molecule has 0 bridgehead atoms. The molecule has 3 aromatic rings. The van der Waals surface area contributed by atoms with E-state index in [1.807, 2.05) is 18.2 Å². The molecule has 1 aromatic heterocycles. The summed E-state index contributed by atoms with van der Waals surface area (Å²) in [5, 5.41) is 5.53. The van der Waals surface area contributed by atoms with E-state index in [2.05, 4.69) is 10.6 Å². The normalized spacial score (nSPS) is 11.0. The summed E-state index contributed by atoms with van der Waals surface area (Å²) in [5.74, 6) is 1.58. The molecule has 34 heavy (non-hydrogen) atoms. The Balaban J connectivity index is 1.61. The van der Waals surface area contributed by atoms with Gasteiger partial charge in [-0.15, -0.1) is 0 Å². The number of hydrogen-bond donors (Lipinski definition) is 2. The fourth-order valence-electron chi connectivity index (χ4n) is 3.24. The van der Waals surface area contributed by atoms with Crippen LogP contribution in [0, 0.1) is 0 Å². The van der Waals surface area contributed by atoms with E-state index in [0.717, 1.165) is 12.0 Å². The van der Waals surface area contributed by atoms with Crippen LogP contribution in [0.25, 0.3) is 6.08 Å². The molecule has 2 N–H and O–H groups in total. The van der Waals surface area contributed by atoms with E-state index >= 15 is 0 Å². The standard InChI is InChI=1S/C26H28N2O6/c1-31-20-11-9-19(10-12-20)25(29)28-22(17-21-7-5-15-34-21)26(30)27-14-4-6-18-8-13-23(32-2)24(16-18)33-3/h5,7-13,15-17H,4,6,14H2,1-3H3,(H,27,30)(H,28,29)/b22-17-. The Hall–Kier alpha value is -4.20. The van der Waals surface area contributed by atoms with Crippen molar-refractivity contribution in [1.82, 2.24) is 10.6 Å². The number of hydrogen-bond acceptors (Lipinski definition) is 6. The van der Waals surface area contributed by atoms with Crippen LogP contribution in [-0.2, 0) is 11.2 Å². The predicted octanol–water partition coefficient (Wildman–Crippen LogP) is 3.83. The van der Waals surface area contributed by atoms with Gasteiger partial charge >= 0.3 is 0 Å². The predicted molar refractivity (Wildman–Crippen MR) is 128 cm³/mol. The summed E-state index contributed by atoms with van der Waals surface area (Å²) in [4.78, 5) is 25.5. The van der Waals surface area contributed by atoms with Crippen LogP contribution in [0.15, 0.2) is 71.0 Å². The van der Waals surface area contributed by atoms with Crippen molar-refractivity contribution in [3.63, 3.8) is 0 Å². The first-order valence-corrected chi connectivity index (χ1v) is 10.7. The van der Waals surface area contributed by atoms with E-state index < -0.39 is 11.8 Å². The highest BCUT2D eigenvalue weighted by atomic mass is 16.5. The highest BCUT2D eigenvalue weighted by molar-refractivity contribution is 6.05. The van der Waals surface area contributed by atoms with E-state index in [-0.39, 0.29) is 5.70 Å². The highest BCUT2D eigenvalue weighted by Gasteiger charge is 2.15. The molecular weight excluding hydrogens is 436 g/mol. The second-order valence-corrected chi connectivity index (χ2v) is 7.30. The minimum absolute atomic E-state index is 0.0851. The molecule has 1 heterocycles. The quantitative estimate of drug-likeness (QED) is 0.331. The Morgan fingerprint density at radius 3 is 2.35 bits per heavy atom. The third kappa shape index (κ3) is 6.65. The van der Waals surface area contributed by atoms with Gasteiger partial charge in [-0.25, -0.2) is 0 Å². The van der Waals surface area contributed by atoms with Gasteiger partial charge in [0.15, 0.2) is 11.5 Å². The fourth-order valence-corrected chi connectivity index (χ4v) is 3.24. The van der Waals surface area contributed by atoms with Crippen molar-refractivity contribution < 1.29 is 28.2 Å². The molecule has 0 atom stereocenters. The van der Waals surface area contributed by atoms with Crippen molar-refractivity contribution in [2.45, 2.75) is 12.8 Å². The van der Waals surface area contributed by atoms with Gasteiger partial charge in [0, 0.05) is 18.2 Å². The monoisotopic (exact) mass is 464 g/mol. The van der Waals surface area contributed by atoms with Gasteiger partial charge in [-0.1, -0.05) is 6.07 Å². The zero-order valence-electron chi connectivity index (χ0n) is 19.4. The largest absolute Gasteiger partial charge is 0.497 e. The fraction of sp³-hybridized carbons (Fsp3) is 0.231. The van der Waals surface area contributed by atoms with Gasteiger partial charge in [-0.2, -0.15) is 0 Å². The number of carbonyl (C=O) groups excluding carboxylic acids is 2. The number of aryl methyl sites for hydroxylation is 1. The van der Waals surface area contributed by atoms with Gasteiger partial charge in [-0.05, 0) is 66.9 Å². The smallest absolute Gasteiger partial charge is 0.267 e. The summed E-state index contributed by atoms with van der Waals surface area (Å²) >= 11 is 0. The zero-order chi connectivity index (χ0) is 24.3. The number of rotatable bonds is 11. The Bertz CT molecular complexity index is 1120. The lowest BCUT2D eigenvalue weighted by Crippen LogP contribution is -2.35. The van der Waals surface area contributed by atoms with Crippen LogP contribution in [0.5, 0.6) is 17.2 Å². The topological polar surface area (TPSA) is 99.0 Å². The third-order valence-corrected chi connectivity index (χ3v) is 5.05. The molecule has 0 saturated heterocycles. The van der Waals surface area contributed by atoms with Crippen LogP contribution in [0.2, 0.25) is 0 Å². The maximum atomic E-state index is 12.8. The van der Waals surface area contributed by atoms with E-state index in [1.165, 1.54) is 12.3 Å². The molecule has 0 aliphatic rings. The van der Waals surface area contributed by atoms with Gasteiger partial charge in [0.2, 0.25) is 0 Å². The molecule has 2 aromatic carbocycles. The number of ether oxygens (including phenoxy) is 3. The molecule has 178 valence electrons. The van der Waals surface area contributed by atoms with Crippen molar-refractivity contribution in [2.75, 3.05) is 27.9 Å². The number of furan rings is 1. The zero-order valence-corrected chi connectivity index (χ0v) is 19.4. The number of amides is 2. The van der Waals surface area contributed by atoms with Crippen LogP contribution < -0.4 is 24.8 Å². The van der Waals surface area contributed by atoms with Gasteiger partial charge in [-0.3, -0.25) is 9.59 Å². The molecule has 8 heteroatoms. The molecule has 0 spiro atoms. The van der Waals surface area contributed by atoms with Crippen molar-refractivity contribution in [2.24, 2.45) is 0 Å². The van der Waals surface area contributed by atoms with Crippen molar-refractivity contribution in [3.05, 3.63) is 83.4 Å². The summed E-state index contributed by atoms with van der Waals surface area (Å²) in [6.07, 6.45) is 4.42. The minimum atomic E-state index is -0.416. The Morgan fingerprint density at radius 2 is 1.71 bits per heavy atom. The Labute approximate surface area is 198 Å². The maximum Gasteiger partial charge on any atom is 0.267 e. The molecule has 8 nitrogen and oxygen atoms in total. The van der Waals surface area contributed by atoms with Crippen molar-refractivity contribution in [1.29, 1.82) is 0 Å². The van der Waals surface area contributed by atoms with Gasteiger partial charge < -0.3 is 29.3 Å². The highest BCUT2D eigenvalue weighted by Crippen LogP contribution is 2.27. The molecule has 0 fully saturated rings. The van der Waals surface area contributed by atoms with Crippen molar-refractivity contribution >= 4 is 17.9 Å². The number of nitrogens with one attached hydrogen (secondary N) is 2. The summed E-state index contributed by atoms with van der Waals surface area (Å²) in [6, 6.07) is 15.7. The molecule has 2 amide bonds. The molecule has 0 unspecified atom stereocenters. The molecule has 0 radical (unpaired) electrons. The van der Waals surface area contributed by atoms with Crippen LogP contribution in [0.1, 0.15) is 28.1 Å². The molecule has 0 aliphatic carbocycles. The second-order valence-electron chi connectivity index (χ2n) is 7.30. The number of benzene rings is 2. The third-order valence-electron chi connectivity index (χ3n) is 5.05. The lowest BCUT2D eigenvalue weighted by molar-refractivity contribution is -0.117. The number of methoxy groups -OCH3 is 3. The van der Waals surface area contributed by atoms with Crippen LogP contribution in [0.4, 0.5) is 0 Å². The lowest BCUT2D eigenvalue weighted by Gasteiger charge is -2.12. The molecule has 3 rings (SSSR count). The molecule has 0 aliphatic heterocycles. The van der Waals surface area contributed by atoms with Crippen LogP contribution >= 0.6 is 0 Å². The first-order valence-electron chi connectivity index (χ1n) is 10.7. The van der Waals surface area contributed by atoms with E-state index in [4.69, 9.17) is 18.6 Å². The first kappa shape index (κ1) is 24.4. The van der Waals surface area contributed by atoms with Crippen LogP contribution in [-0.4, -0.2) is 39.7 Å². The summed E-state index contributed by atoms with van der Waals surface area (Å²) in [5.41, 5.74) is 1.54. The molecular formula is C26H28N2O6. The van der Waals surface area contributed by atoms with Crippen LogP contribution in [0.3, 0.4) is 0 Å². The summed E-state index contributed by atoms with van der Waals surface area (Å²) in [6.45, 7) is 0.418. The molecule has 0 saturated carbocycles. The van der Waals surface area contributed by atoms with Crippen molar-refractivity contribution in [3.8, 4) is 17.2 Å². The van der Waals surface area contributed by atoms with E-state index in [0.29, 0.717) is 41.5 Å². The average molecular weight is 465 g/mol.